The third kappa shape index (κ3) is 4.50. The number of anilines is 1. The summed E-state index contributed by atoms with van der Waals surface area (Å²) >= 11 is 0. The van der Waals surface area contributed by atoms with Gasteiger partial charge in [0.25, 0.3) is 0 Å². The number of carbonyl (C=O) groups excluding carboxylic acids is 1. The first-order chi connectivity index (χ1) is 8.73. The molecule has 0 spiro atoms. The maximum absolute atomic E-state index is 11.7. The molecule has 1 aromatic carbocycles. The molecule has 6 nitrogen and oxygen atoms in total. The van der Waals surface area contributed by atoms with Crippen LogP contribution in [-0.2, 0) is 0 Å². The quantitative estimate of drug-likeness (QED) is 0.783. The minimum atomic E-state index is -1.12. The van der Waals surface area contributed by atoms with E-state index in [1.807, 2.05) is 20.8 Å². The molecule has 1 aromatic rings. The second-order valence-corrected chi connectivity index (χ2v) is 5.05. The van der Waals surface area contributed by atoms with Crippen LogP contribution in [0.2, 0.25) is 0 Å². The number of carboxylic acid groups (broad SMARTS) is 1. The van der Waals surface area contributed by atoms with E-state index in [-0.39, 0.29) is 11.3 Å². The van der Waals surface area contributed by atoms with Gasteiger partial charge in [-0.15, -0.1) is 0 Å². The molecule has 0 saturated carbocycles. The molecule has 0 aliphatic rings. The van der Waals surface area contributed by atoms with E-state index >= 15 is 0 Å². The molecule has 2 amide bonds. The van der Waals surface area contributed by atoms with E-state index in [0.717, 1.165) is 0 Å². The summed E-state index contributed by atoms with van der Waals surface area (Å²) in [5.41, 5.74) is -0.217. The van der Waals surface area contributed by atoms with Crippen molar-refractivity contribution in [3.05, 3.63) is 23.8 Å². The molecule has 0 atom stereocenters. The lowest BCUT2D eigenvalue weighted by atomic mass is 10.1. The van der Waals surface area contributed by atoms with Crippen LogP contribution in [0, 0.1) is 0 Å². The minimum absolute atomic E-state index is 0.00450. The van der Waals surface area contributed by atoms with Gasteiger partial charge in [0, 0.05) is 11.6 Å². The highest BCUT2D eigenvalue weighted by Gasteiger charge is 2.17. The zero-order chi connectivity index (χ0) is 14.6. The number of benzene rings is 1. The second kappa shape index (κ2) is 5.60. The number of urea groups is 1. The van der Waals surface area contributed by atoms with Gasteiger partial charge in [-0.05, 0) is 32.9 Å². The number of hydrogen-bond donors (Lipinski definition) is 3. The van der Waals surface area contributed by atoms with E-state index in [9.17, 15) is 9.59 Å². The molecule has 1 rings (SSSR count). The minimum Gasteiger partial charge on any atom is -0.497 e. The van der Waals surface area contributed by atoms with E-state index in [0.29, 0.717) is 5.75 Å². The van der Waals surface area contributed by atoms with E-state index in [2.05, 4.69) is 10.6 Å². The number of aromatic carboxylic acids is 1. The van der Waals surface area contributed by atoms with Crippen molar-refractivity contribution in [2.75, 3.05) is 12.4 Å². The Bertz CT molecular complexity index is 492. The van der Waals surface area contributed by atoms with Crippen molar-refractivity contribution in [3.63, 3.8) is 0 Å². The first-order valence-electron chi connectivity index (χ1n) is 5.73. The molecule has 0 unspecified atom stereocenters. The van der Waals surface area contributed by atoms with Gasteiger partial charge in [0.15, 0.2) is 0 Å². The van der Waals surface area contributed by atoms with Crippen LogP contribution in [0.25, 0.3) is 0 Å². The van der Waals surface area contributed by atoms with Gasteiger partial charge in [-0.25, -0.2) is 9.59 Å². The monoisotopic (exact) mass is 266 g/mol. The predicted molar refractivity (Wildman–Crippen MR) is 71.9 cm³/mol. The topological polar surface area (TPSA) is 87.7 Å². The zero-order valence-electron chi connectivity index (χ0n) is 11.4. The molecule has 0 saturated heterocycles. The highest BCUT2D eigenvalue weighted by molar-refractivity contribution is 6.00. The van der Waals surface area contributed by atoms with E-state index in [4.69, 9.17) is 9.84 Å². The molecule has 0 aliphatic heterocycles. The molecule has 0 bridgehead atoms. The van der Waals surface area contributed by atoms with Crippen molar-refractivity contribution >= 4 is 17.7 Å². The summed E-state index contributed by atoms with van der Waals surface area (Å²) in [6.45, 7) is 5.49. The summed E-state index contributed by atoms with van der Waals surface area (Å²) in [7, 11) is 1.47. The maximum atomic E-state index is 11.7. The molecule has 0 fully saturated rings. The number of ether oxygens (including phenoxy) is 1. The van der Waals surface area contributed by atoms with Crippen molar-refractivity contribution in [2.24, 2.45) is 0 Å². The summed E-state index contributed by atoms with van der Waals surface area (Å²) in [5, 5.41) is 14.3. The molecule has 19 heavy (non-hydrogen) atoms. The number of methoxy groups -OCH3 is 1. The van der Waals surface area contributed by atoms with E-state index < -0.39 is 17.5 Å². The lowest BCUT2D eigenvalue weighted by Crippen LogP contribution is -2.43. The average molecular weight is 266 g/mol. The van der Waals surface area contributed by atoms with Crippen LogP contribution < -0.4 is 15.4 Å². The van der Waals surface area contributed by atoms with Crippen LogP contribution in [0.5, 0.6) is 5.75 Å². The first kappa shape index (κ1) is 14.8. The molecule has 6 heteroatoms. The van der Waals surface area contributed by atoms with Gasteiger partial charge in [-0.3, -0.25) is 0 Å². The van der Waals surface area contributed by atoms with Crippen molar-refractivity contribution in [2.45, 2.75) is 26.3 Å². The summed E-state index contributed by atoms with van der Waals surface area (Å²) in [4.78, 5) is 22.8. The van der Waals surface area contributed by atoms with Gasteiger partial charge >= 0.3 is 12.0 Å². The molecule has 104 valence electrons. The number of hydrogen-bond acceptors (Lipinski definition) is 3. The molecular weight excluding hydrogens is 248 g/mol. The van der Waals surface area contributed by atoms with Crippen LogP contribution in [0.15, 0.2) is 18.2 Å². The van der Waals surface area contributed by atoms with Crippen molar-refractivity contribution in [1.82, 2.24) is 5.32 Å². The third-order valence-electron chi connectivity index (χ3n) is 2.19. The molecular formula is C13H18N2O4. The average Bonchev–Trinajstić information content (AvgIpc) is 2.25. The molecule has 0 heterocycles. The Hall–Kier alpha value is -2.24. The summed E-state index contributed by atoms with van der Waals surface area (Å²) in [6.07, 6.45) is 0. The fourth-order valence-electron chi connectivity index (χ4n) is 1.43. The second-order valence-electron chi connectivity index (χ2n) is 5.05. The van der Waals surface area contributed by atoms with E-state index in [1.54, 1.807) is 0 Å². The Kier molecular flexibility index (Phi) is 4.37. The highest BCUT2D eigenvalue weighted by atomic mass is 16.5. The maximum Gasteiger partial charge on any atom is 0.337 e. The predicted octanol–water partition coefficient (Wildman–Crippen LogP) is 2.31. The number of carbonyl (C=O) groups is 2. The molecule has 0 aliphatic carbocycles. The normalized spacial score (nSPS) is 10.7. The number of rotatable bonds is 3. The summed E-state index contributed by atoms with van der Waals surface area (Å²) in [5.74, 6) is -0.648. The number of amides is 2. The number of carboxylic acids is 1. The Balaban J connectivity index is 2.98. The van der Waals surface area contributed by atoms with Crippen LogP contribution in [-0.4, -0.2) is 29.8 Å². The Morgan fingerprint density at radius 3 is 2.37 bits per heavy atom. The van der Waals surface area contributed by atoms with Crippen molar-refractivity contribution in [3.8, 4) is 5.75 Å². The Labute approximate surface area is 111 Å². The van der Waals surface area contributed by atoms with Gasteiger partial charge in [-0.2, -0.15) is 0 Å². The van der Waals surface area contributed by atoms with Crippen LogP contribution in [0.1, 0.15) is 31.1 Å². The van der Waals surface area contributed by atoms with Gasteiger partial charge < -0.3 is 20.5 Å². The standard InChI is InChI=1S/C13H18N2O4/c1-13(2,3)15-12(18)14-10-7-8(19-4)5-6-9(10)11(16)17/h5-7H,1-4H3,(H,16,17)(H2,14,15,18). The molecule has 0 radical (unpaired) electrons. The lowest BCUT2D eigenvalue weighted by Gasteiger charge is -2.21. The lowest BCUT2D eigenvalue weighted by molar-refractivity contribution is 0.0698. The van der Waals surface area contributed by atoms with Gasteiger partial charge in [0.05, 0.1) is 18.4 Å². The summed E-state index contributed by atoms with van der Waals surface area (Å²) in [6, 6.07) is 3.90. The first-order valence-corrected chi connectivity index (χ1v) is 5.73. The van der Waals surface area contributed by atoms with Crippen LogP contribution in [0.4, 0.5) is 10.5 Å². The number of nitrogens with one attached hydrogen (secondary N) is 2. The third-order valence-corrected chi connectivity index (χ3v) is 2.19. The van der Waals surface area contributed by atoms with Crippen molar-refractivity contribution < 1.29 is 19.4 Å². The largest absolute Gasteiger partial charge is 0.497 e. The molecule has 3 N–H and O–H groups in total. The fraction of sp³-hybridized carbons (Fsp3) is 0.385. The van der Waals surface area contributed by atoms with Gasteiger partial charge in [0.2, 0.25) is 0 Å². The smallest absolute Gasteiger partial charge is 0.337 e. The highest BCUT2D eigenvalue weighted by Crippen LogP contribution is 2.22. The van der Waals surface area contributed by atoms with Crippen LogP contribution in [0.3, 0.4) is 0 Å². The van der Waals surface area contributed by atoms with Crippen LogP contribution >= 0.6 is 0 Å². The Morgan fingerprint density at radius 2 is 1.89 bits per heavy atom. The molecule has 0 aromatic heterocycles. The SMILES string of the molecule is COc1ccc(C(=O)O)c(NC(=O)NC(C)(C)C)c1. The van der Waals surface area contributed by atoms with E-state index in [1.165, 1.54) is 25.3 Å². The summed E-state index contributed by atoms with van der Waals surface area (Å²) < 4.78 is 5.01. The Morgan fingerprint density at radius 1 is 1.26 bits per heavy atom. The van der Waals surface area contributed by atoms with Crippen molar-refractivity contribution in [1.29, 1.82) is 0 Å². The van der Waals surface area contributed by atoms with Gasteiger partial charge in [0.1, 0.15) is 5.75 Å². The zero-order valence-corrected chi connectivity index (χ0v) is 11.4. The van der Waals surface area contributed by atoms with Gasteiger partial charge in [-0.1, -0.05) is 0 Å². The fourth-order valence-corrected chi connectivity index (χ4v) is 1.43.